The Balaban J connectivity index is 1.25. The lowest BCUT2D eigenvalue weighted by molar-refractivity contribution is 0.776. The lowest BCUT2D eigenvalue weighted by Gasteiger charge is -2.35. The van der Waals surface area contributed by atoms with Crippen LogP contribution in [0.15, 0.2) is 206 Å². The highest BCUT2D eigenvalue weighted by Crippen LogP contribution is 2.61. The molecule has 0 atom stereocenters. The van der Waals surface area contributed by atoms with Crippen molar-refractivity contribution < 1.29 is 0 Å². The van der Waals surface area contributed by atoms with Crippen LogP contribution >= 0.6 is 0 Å². The Morgan fingerprint density at radius 1 is 0.291 bits per heavy atom. The van der Waals surface area contributed by atoms with E-state index in [2.05, 4.69) is 206 Å². The molecule has 0 heteroatoms. The molecule has 55 heavy (non-hydrogen) atoms. The van der Waals surface area contributed by atoms with Gasteiger partial charge in [-0.3, -0.25) is 0 Å². The highest BCUT2D eigenvalue weighted by molar-refractivity contribution is 6.25. The molecule has 0 N–H and O–H groups in total. The third kappa shape index (κ3) is 4.17. The van der Waals surface area contributed by atoms with Gasteiger partial charge in [0.1, 0.15) is 0 Å². The van der Waals surface area contributed by atoms with Crippen molar-refractivity contribution in [1.29, 1.82) is 0 Å². The maximum Gasteiger partial charge on any atom is 0.0720 e. The van der Waals surface area contributed by atoms with Crippen molar-refractivity contribution in [3.63, 3.8) is 0 Å². The van der Waals surface area contributed by atoms with Crippen molar-refractivity contribution in [2.45, 2.75) is 5.41 Å². The third-order valence-corrected chi connectivity index (χ3v) is 12.5. The molecule has 0 saturated carbocycles. The zero-order valence-electron chi connectivity index (χ0n) is 30.1. The van der Waals surface area contributed by atoms with Gasteiger partial charge in [0.25, 0.3) is 0 Å². The summed E-state index contributed by atoms with van der Waals surface area (Å²) in [7, 11) is 0. The van der Waals surface area contributed by atoms with Crippen molar-refractivity contribution >= 4 is 53.9 Å². The van der Waals surface area contributed by atoms with E-state index in [1.54, 1.807) is 0 Å². The van der Waals surface area contributed by atoms with Crippen LogP contribution in [0.25, 0.3) is 87.2 Å². The molecule has 0 radical (unpaired) electrons. The summed E-state index contributed by atoms with van der Waals surface area (Å²) < 4.78 is 0. The third-order valence-electron chi connectivity index (χ3n) is 12.5. The monoisotopic (exact) mass is 694 g/mol. The fraction of sp³-hybridized carbons (Fsp3) is 0.0182. The lowest BCUT2D eigenvalue weighted by Crippen LogP contribution is -2.29. The topological polar surface area (TPSA) is 0 Å². The van der Waals surface area contributed by atoms with Gasteiger partial charge >= 0.3 is 0 Å². The first-order valence-corrected chi connectivity index (χ1v) is 19.3. The van der Waals surface area contributed by atoms with Gasteiger partial charge < -0.3 is 0 Å². The fourth-order valence-electron chi connectivity index (χ4n) is 10.2. The minimum atomic E-state index is -0.576. The lowest BCUT2D eigenvalue weighted by atomic mass is 9.66. The summed E-state index contributed by atoms with van der Waals surface area (Å²) >= 11 is 0. The number of hydrogen-bond acceptors (Lipinski definition) is 0. The summed E-state index contributed by atoms with van der Waals surface area (Å²) in [6, 6.07) is 77.4. The maximum atomic E-state index is 2.53. The largest absolute Gasteiger partial charge is 0.0720 e. The Bertz CT molecular complexity index is 3240. The van der Waals surface area contributed by atoms with Crippen LogP contribution in [0.2, 0.25) is 0 Å². The Labute approximate surface area is 319 Å². The van der Waals surface area contributed by atoms with Gasteiger partial charge in [-0.15, -0.1) is 0 Å². The summed E-state index contributed by atoms with van der Waals surface area (Å²) in [6.45, 7) is 0. The number of rotatable bonds is 4. The fourth-order valence-corrected chi connectivity index (χ4v) is 10.2. The first-order valence-electron chi connectivity index (χ1n) is 19.3. The molecule has 1 aliphatic carbocycles. The van der Waals surface area contributed by atoms with Crippen LogP contribution in [0.5, 0.6) is 0 Å². The van der Waals surface area contributed by atoms with Gasteiger partial charge in [0.2, 0.25) is 0 Å². The molecule has 0 saturated heterocycles. The first kappa shape index (κ1) is 30.4. The van der Waals surface area contributed by atoms with Crippen molar-refractivity contribution in [2.75, 3.05) is 0 Å². The normalized spacial score (nSPS) is 13.2. The van der Waals surface area contributed by atoms with Crippen molar-refractivity contribution in [3.8, 4) is 33.4 Å². The summed E-state index contributed by atoms with van der Waals surface area (Å²) in [4.78, 5) is 0. The molecule has 0 spiro atoms. The van der Waals surface area contributed by atoms with Crippen LogP contribution in [0.4, 0.5) is 0 Å². The maximum absolute atomic E-state index is 2.53. The molecule has 0 fully saturated rings. The zero-order valence-corrected chi connectivity index (χ0v) is 30.1. The second-order valence-electron chi connectivity index (χ2n) is 15.1. The van der Waals surface area contributed by atoms with Crippen LogP contribution in [0, 0.1) is 0 Å². The Hall–Kier alpha value is -7.02. The predicted octanol–water partition coefficient (Wildman–Crippen LogP) is 14.6. The van der Waals surface area contributed by atoms with Crippen molar-refractivity contribution in [2.24, 2.45) is 0 Å². The molecule has 0 aliphatic heterocycles. The smallest absolute Gasteiger partial charge is 0.0622 e. The molecule has 11 aromatic carbocycles. The second kappa shape index (κ2) is 11.5. The first-order chi connectivity index (χ1) is 27.3. The molecule has 0 heterocycles. The average molecular weight is 695 g/mol. The van der Waals surface area contributed by atoms with Gasteiger partial charge in [0.15, 0.2) is 0 Å². The molecule has 12 rings (SSSR count). The highest BCUT2D eigenvalue weighted by Gasteiger charge is 2.48. The van der Waals surface area contributed by atoms with Crippen LogP contribution in [0.3, 0.4) is 0 Å². The molecule has 0 bridgehead atoms. The Kier molecular flexibility index (Phi) is 6.36. The van der Waals surface area contributed by atoms with E-state index in [9.17, 15) is 0 Å². The standard InChI is InChI=1S/C55H34/c1-3-18-41(19-4-1)55(42-20-5-2-6-21-42)50-34-40(44-30-27-38-26-25-36-16-11-17-37-28-31-47(44)52(38)51(36)37)29-32-48(50)53-49(33-39-14-8-10-23-45(39)54(53)55)46-24-12-15-35-13-7-9-22-43(35)46/h1-34H. The number of benzene rings is 11. The van der Waals surface area contributed by atoms with Gasteiger partial charge in [0, 0.05) is 0 Å². The van der Waals surface area contributed by atoms with E-state index in [1.165, 1.54) is 109 Å². The zero-order chi connectivity index (χ0) is 36.1. The predicted molar refractivity (Wildman–Crippen MR) is 233 cm³/mol. The Morgan fingerprint density at radius 3 is 1.62 bits per heavy atom. The van der Waals surface area contributed by atoms with E-state index in [0.717, 1.165) is 0 Å². The minimum Gasteiger partial charge on any atom is -0.0622 e. The van der Waals surface area contributed by atoms with Crippen molar-refractivity contribution in [1.82, 2.24) is 0 Å². The Morgan fingerprint density at radius 2 is 0.855 bits per heavy atom. The van der Waals surface area contributed by atoms with E-state index < -0.39 is 5.41 Å². The van der Waals surface area contributed by atoms with Crippen LogP contribution in [-0.2, 0) is 5.41 Å². The summed E-state index contributed by atoms with van der Waals surface area (Å²) in [5.74, 6) is 0. The number of fused-ring (bicyclic) bond motifs is 6. The van der Waals surface area contributed by atoms with Crippen molar-refractivity contribution in [3.05, 3.63) is 229 Å². The van der Waals surface area contributed by atoms with Crippen LogP contribution in [0.1, 0.15) is 22.3 Å². The van der Waals surface area contributed by atoms with E-state index in [1.807, 2.05) is 0 Å². The molecule has 11 aromatic rings. The van der Waals surface area contributed by atoms with E-state index in [0.29, 0.717) is 0 Å². The quantitative estimate of drug-likeness (QED) is 0.161. The molecule has 0 unspecified atom stereocenters. The molecule has 1 aliphatic rings. The van der Waals surface area contributed by atoms with Crippen LogP contribution in [-0.4, -0.2) is 0 Å². The van der Waals surface area contributed by atoms with Gasteiger partial charge in [-0.2, -0.15) is 0 Å². The highest BCUT2D eigenvalue weighted by atomic mass is 14.5. The van der Waals surface area contributed by atoms with E-state index in [-0.39, 0.29) is 0 Å². The molecular formula is C55H34. The van der Waals surface area contributed by atoms with Gasteiger partial charge in [-0.1, -0.05) is 194 Å². The second-order valence-corrected chi connectivity index (χ2v) is 15.1. The van der Waals surface area contributed by atoms with E-state index >= 15 is 0 Å². The summed E-state index contributed by atoms with van der Waals surface area (Å²) in [6.07, 6.45) is 0. The minimum absolute atomic E-state index is 0.576. The molecule has 254 valence electrons. The number of hydrogen-bond donors (Lipinski definition) is 0. The van der Waals surface area contributed by atoms with Gasteiger partial charge in [-0.25, -0.2) is 0 Å². The summed E-state index contributed by atoms with van der Waals surface area (Å²) in [5.41, 5.74) is 12.3. The van der Waals surface area contributed by atoms with Gasteiger partial charge in [-0.05, 0) is 122 Å². The SMILES string of the molecule is c1ccc(C2(c3ccccc3)c3cc(-c4ccc5ccc6cccc7ccc4c5c67)ccc3-c3c(-c4cccc5ccccc45)cc4ccccc4c32)cc1. The molecule has 0 aromatic heterocycles. The van der Waals surface area contributed by atoms with Gasteiger partial charge in [0.05, 0.1) is 5.41 Å². The average Bonchev–Trinajstić information content (AvgIpc) is 3.57. The van der Waals surface area contributed by atoms with Crippen LogP contribution < -0.4 is 0 Å². The summed E-state index contributed by atoms with van der Waals surface area (Å²) in [5, 5.41) is 12.9. The molecule has 0 nitrogen and oxygen atoms in total. The molecule has 0 amide bonds. The van der Waals surface area contributed by atoms with E-state index in [4.69, 9.17) is 0 Å². The molecular weight excluding hydrogens is 661 g/mol.